The molecule has 0 aliphatic carbocycles. The van der Waals surface area contributed by atoms with Crippen LogP contribution in [-0.4, -0.2) is 26.8 Å². The largest absolute Gasteiger partial charge is 0.478 e. The molecule has 0 saturated heterocycles. The molecule has 0 aliphatic rings. The zero-order chi connectivity index (χ0) is 14.7. The zero-order valence-corrected chi connectivity index (χ0v) is 11.3. The summed E-state index contributed by atoms with van der Waals surface area (Å²) in [5.41, 5.74) is 1.42. The fourth-order valence-electron chi connectivity index (χ4n) is 1.97. The Balaban J connectivity index is 2.13. The molecule has 1 aromatic carbocycles. The molecule has 2 N–H and O–H groups in total. The molecule has 20 heavy (non-hydrogen) atoms. The lowest BCUT2D eigenvalue weighted by Crippen LogP contribution is -2.18. The van der Waals surface area contributed by atoms with Crippen molar-refractivity contribution in [2.24, 2.45) is 7.05 Å². The average molecular weight is 273 g/mol. The summed E-state index contributed by atoms with van der Waals surface area (Å²) in [6.07, 6.45) is 0.00665. The molecule has 2 rings (SSSR count). The second-order valence-electron chi connectivity index (χ2n) is 4.48. The summed E-state index contributed by atoms with van der Waals surface area (Å²) in [5.74, 6) is -0.730. The van der Waals surface area contributed by atoms with Gasteiger partial charge in [-0.15, -0.1) is 0 Å². The third-order valence-electron chi connectivity index (χ3n) is 2.87. The van der Waals surface area contributed by atoms with Crippen molar-refractivity contribution >= 4 is 17.7 Å². The van der Waals surface area contributed by atoms with Crippen LogP contribution in [-0.2, 0) is 18.3 Å². The summed E-state index contributed by atoms with van der Waals surface area (Å²) in [6, 6.07) is 8.22. The van der Waals surface area contributed by atoms with Crippen molar-refractivity contribution in [2.45, 2.75) is 13.3 Å². The fourth-order valence-corrected chi connectivity index (χ4v) is 1.97. The van der Waals surface area contributed by atoms with Crippen LogP contribution in [0.5, 0.6) is 0 Å². The van der Waals surface area contributed by atoms with Crippen molar-refractivity contribution in [1.82, 2.24) is 9.78 Å². The van der Waals surface area contributed by atoms with Gasteiger partial charge in [0.1, 0.15) is 5.82 Å². The van der Waals surface area contributed by atoms with Gasteiger partial charge in [0.2, 0.25) is 5.91 Å². The van der Waals surface area contributed by atoms with Crippen molar-refractivity contribution in [3.05, 3.63) is 47.2 Å². The van der Waals surface area contributed by atoms with Crippen molar-refractivity contribution < 1.29 is 14.7 Å². The number of aromatic carboxylic acids is 1. The van der Waals surface area contributed by atoms with Crippen LogP contribution in [0, 0.1) is 6.92 Å². The molecule has 2 aromatic rings. The number of hydrogen-bond acceptors (Lipinski definition) is 3. The Morgan fingerprint density at radius 1 is 1.35 bits per heavy atom. The first kappa shape index (κ1) is 13.8. The van der Waals surface area contributed by atoms with E-state index in [4.69, 9.17) is 5.11 Å². The third-order valence-corrected chi connectivity index (χ3v) is 2.87. The molecule has 1 heterocycles. The van der Waals surface area contributed by atoms with E-state index in [1.165, 1.54) is 6.07 Å². The molecule has 6 nitrogen and oxygen atoms in total. The number of carboxylic acid groups (broad SMARTS) is 1. The Morgan fingerprint density at radius 2 is 2.05 bits per heavy atom. The highest BCUT2D eigenvalue weighted by atomic mass is 16.4. The van der Waals surface area contributed by atoms with Gasteiger partial charge in [0.15, 0.2) is 0 Å². The summed E-state index contributed by atoms with van der Waals surface area (Å²) < 4.78 is 1.57. The standard InChI is InChI=1S/C14H15N3O3/c1-9-7-12(17(2)16-9)15-13(18)8-10-5-3-4-6-11(10)14(19)20/h3-7H,8H2,1-2H3,(H,15,18)(H,19,20). The summed E-state index contributed by atoms with van der Waals surface area (Å²) in [7, 11) is 1.73. The number of amides is 1. The molecule has 6 heteroatoms. The quantitative estimate of drug-likeness (QED) is 0.886. The van der Waals surface area contributed by atoms with Crippen LogP contribution in [0.15, 0.2) is 30.3 Å². The molecule has 1 aromatic heterocycles. The molecular formula is C14H15N3O3. The van der Waals surface area contributed by atoms with Gasteiger partial charge in [-0.25, -0.2) is 4.79 Å². The van der Waals surface area contributed by atoms with Gasteiger partial charge in [0.05, 0.1) is 17.7 Å². The van der Waals surface area contributed by atoms with Crippen LogP contribution < -0.4 is 5.32 Å². The number of carboxylic acids is 1. The van der Waals surface area contributed by atoms with Gasteiger partial charge in [-0.2, -0.15) is 5.10 Å². The van der Waals surface area contributed by atoms with Gasteiger partial charge in [-0.05, 0) is 18.6 Å². The molecule has 0 fully saturated rings. The smallest absolute Gasteiger partial charge is 0.335 e. The maximum atomic E-state index is 12.0. The molecular weight excluding hydrogens is 258 g/mol. The van der Waals surface area contributed by atoms with E-state index in [1.807, 2.05) is 6.92 Å². The molecule has 0 radical (unpaired) electrons. The molecule has 1 amide bonds. The number of benzene rings is 1. The minimum Gasteiger partial charge on any atom is -0.478 e. The number of nitrogens with one attached hydrogen (secondary N) is 1. The van der Waals surface area contributed by atoms with E-state index in [-0.39, 0.29) is 17.9 Å². The zero-order valence-electron chi connectivity index (χ0n) is 11.3. The van der Waals surface area contributed by atoms with Gasteiger partial charge in [0.25, 0.3) is 0 Å². The minimum atomic E-state index is -1.04. The second kappa shape index (κ2) is 5.56. The second-order valence-corrected chi connectivity index (χ2v) is 4.48. The molecule has 0 aliphatic heterocycles. The highest BCUT2D eigenvalue weighted by molar-refractivity contribution is 5.95. The lowest BCUT2D eigenvalue weighted by molar-refractivity contribution is -0.115. The van der Waals surface area contributed by atoms with Crippen LogP contribution >= 0.6 is 0 Å². The third kappa shape index (κ3) is 3.03. The van der Waals surface area contributed by atoms with E-state index < -0.39 is 5.97 Å². The highest BCUT2D eigenvalue weighted by Crippen LogP contribution is 2.12. The summed E-state index contributed by atoms with van der Waals surface area (Å²) >= 11 is 0. The predicted molar refractivity (Wildman–Crippen MR) is 73.7 cm³/mol. The maximum absolute atomic E-state index is 12.0. The molecule has 0 spiro atoms. The first-order valence-corrected chi connectivity index (χ1v) is 6.09. The predicted octanol–water partition coefficient (Wildman–Crippen LogP) is 1.61. The summed E-state index contributed by atoms with van der Waals surface area (Å²) in [5, 5.41) is 15.9. The van der Waals surface area contributed by atoms with Crippen LogP contribution in [0.1, 0.15) is 21.6 Å². The van der Waals surface area contributed by atoms with E-state index in [9.17, 15) is 9.59 Å². The van der Waals surface area contributed by atoms with Crippen LogP contribution in [0.3, 0.4) is 0 Å². The molecule has 104 valence electrons. The number of anilines is 1. The normalized spacial score (nSPS) is 10.3. The molecule has 0 saturated carbocycles. The topological polar surface area (TPSA) is 84.2 Å². The molecule has 0 bridgehead atoms. The maximum Gasteiger partial charge on any atom is 0.335 e. The average Bonchev–Trinajstić information content (AvgIpc) is 2.68. The van der Waals surface area contributed by atoms with E-state index in [1.54, 1.807) is 36.0 Å². The number of hydrogen-bond donors (Lipinski definition) is 2. The van der Waals surface area contributed by atoms with Gasteiger partial charge in [-0.3, -0.25) is 9.48 Å². The van der Waals surface area contributed by atoms with Gasteiger partial charge >= 0.3 is 5.97 Å². The summed E-state index contributed by atoms with van der Waals surface area (Å²) in [4.78, 5) is 23.0. The number of aryl methyl sites for hydroxylation is 2. The molecule has 0 unspecified atom stereocenters. The Bertz CT molecular complexity index is 661. The number of carbonyl (C=O) groups excluding carboxylic acids is 1. The Morgan fingerprint density at radius 3 is 2.65 bits per heavy atom. The van der Waals surface area contributed by atoms with Crippen molar-refractivity contribution in [3.8, 4) is 0 Å². The Labute approximate surface area is 116 Å². The number of aromatic nitrogens is 2. The first-order chi connectivity index (χ1) is 9.47. The lowest BCUT2D eigenvalue weighted by atomic mass is 10.0. The van der Waals surface area contributed by atoms with Crippen LogP contribution in [0.25, 0.3) is 0 Å². The monoisotopic (exact) mass is 273 g/mol. The first-order valence-electron chi connectivity index (χ1n) is 6.09. The van der Waals surface area contributed by atoms with Gasteiger partial charge in [-0.1, -0.05) is 18.2 Å². The number of nitrogens with zero attached hydrogens (tertiary/aromatic N) is 2. The fraction of sp³-hybridized carbons (Fsp3) is 0.214. The summed E-state index contributed by atoms with van der Waals surface area (Å²) in [6.45, 7) is 1.83. The number of carbonyl (C=O) groups is 2. The van der Waals surface area contributed by atoms with E-state index in [2.05, 4.69) is 10.4 Å². The number of rotatable bonds is 4. The minimum absolute atomic E-state index is 0.00665. The van der Waals surface area contributed by atoms with E-state index in [0.29, 0.717) is 11.4 Å². The van der Waals surface area contributed by atoms with Crippen LogP contribution in [0.2, 0.25) is 0 Å². The van der Waals surface area contributed by atoms with Gasteiger partial charge in [0, 0.05) is 13.1 Å². The highest BCUT2D eigenvalue weighted by Gasteiger charge is 2.13. The van der Waals surface area contributed by atoms with E-state index in [0.717, 1.165) is 5.69 Å². The van der Waals surface area contributed by atoms with Crippen LogP contribution in [0.4, 0.5) is 5.82 Å². The Hall–Kier alpha value is -2.63. The van der Waals surface area contributed by atoms with Crippen molar-refractivity contribution in [1.29, 1.82) is 0 Å². The Kier molecular flexibility index (Phi) is 3.84. The lowest BCUT2D eigenvalue weighted by Gasteiger charge is -2.07. The van der Waals surface area contributed by atoms with Crippen molar-refractivity contribution in [3.63, 3.8) is 0 Å². The molecule has 0 atom stereocenters. The van der Waals surface area contributed by atoms with Crippen molar-refractivity contribution in [2.75, 3.05) is 5.32 Å². The SMILES string of the molecule is Cc1cc(NC(=O)Cc2ccccc2C(=O)O)n(C)n1. The van der Waals surface area contributed by atoms with E-state index >= 15 is 0 Å². The van der Waals surface area contributed by atoms with Gasteiger partial charge < -0.3 is 10.4 Å².